The Hall–Kier alpha value is -2.85. The maximum absolute atomic E-state index is 12.5. The Morgan fingerprint density at radius 1 is 1.38 bits per heavy atom. The quantitative estimate of drug-likeness (QED) is 0.666. The third kappa shape index (κ3) is 6.06. The molecule has 0 aliphatic carbocycles. The number of nitrogens with zero attached hydrogens (tertiary/aromatic N) is 4. The van der Waals surface area contributed by atoms with Crippen LogP contribution in [-0.2, 0) is 17.8 Å². The molecule has 1 amide bonds. The summed E-state index contributed by atoms with van der Waals surface area (Å²) in [4.78, 5) is 14.6. The van der Waals surface area contributed by atoms with Crippen LogP contribution in [0.4, 0.5) is 0 Å². The molecule has 29 heavy (non-hydrogen) atoms. The molecule has 1 aromatic heterocycles. The summed E-state index contributed by atoms with van der Waals surface area (Å²) in [6.45, 7) is 5.06. The third-order valence-corrected chi connectivity index (χ3v) is 5.16. The van der Waals surface area contributed by atoms with E-state index in [-0.39, 0.29) is 11.9 Å². The van der Waals surface area contributed by atoms with Crippen molar-refractivity contribution in [2.45, 2.75) is 45.7 Å². The predicted molar refractivity (Wildman–Crippen MR) is 113 cm³/mol. The van der Waals surface area contributed by atoms with Crippen LogP contribution in [0.25, 0.3) is 0 Å². The summed E-state index contributed by atoms with van der Waals surface area (Å²) >= 11 is 0. The molecule has 0 saturated heterocycles. The van der Waals surface area contributed by atoms with Crippen LogP contribution < -0.4 is 10.1 Å². The van der Waals surface area contributed by atoms with Crippen LogP contribution in [0, 0.1) is 25.2 Å². The molecule has 2 rings (SSSR count). The zero-order chi connectivity index (χ0) is 21.4. The van der Waals surface area contributed by atoms with Gasteiger partial charge in [-0.3, -0.25) is 9.48 Å². The van der Waals surface area contributed by atoms with Crippen LogP contribution in [0.5, 0.6) is 5.75 Å². The lowest BCUT2D eigenvalue weighted by molar-refractivity contribution is -0.121. The van der Waals surface area contributed by atoms with E-state index in [0.29, 0.717) is 32.4 Å². The van der Waals surface area contributed by atoms with Crippen molar-refractivity contribution in [3.63, 3.8) is 0 Å². The highest BCUT2D eigenvalue weighted by atomic mass is 16.5. The molecule has 156 valence electrons. The van der Waals surface area contributed by atoms with Gasteiger partial charge in [-0.25, -0.2) is 0 Å². The number of ether oxygens (including phenoxy) is 1. The van der Waals surface area contributed by atoms with Crippen LogP contribution in [0.3, 0.4) is 0 Å². The molecular formula is C22H31N5O2. The first kappa shape index (κ1) is 22.4. The summed E-state index contributed by atoms with van der Waals surface area (Å²) < 4.78 is 7.17. The van der Waals surface area contributed by atoms with Gasteiger partial charge in [0.1, 0.15) is 5.75 Å². The molecular weight excluding hydrogens is 366 g/mol. The minimum absolute atomic E-state index is 0.0170. The number of benzene rings is 1. The van der Waals surface area contributed by atoms with Crippen molar-refractivity contribution in [3.05, 3.63) is 46.8 Å². The number of likely N-dealkylation sites (N-methyl/N-ethyl adjacent to an activating group) is 1. The maximum Gasteiger partial charge on any atom is 0.220 e. The first-order chi connectivity index (χ1) is 13.9. The number of aryl methyl sites for hydroxylation is 2. The Kier molecular flexibility index (Phi) is 8.22. The molecule has 0 unspecified atom stereocenters. The largest absolute Gasteiger partial charge is 0.497 e. The van der Waals surface area contributed by atoms with Crippen molar-refractivity contribution in [2.24, 2.45) is 0 Å². The second kappa shape index (κ2) is 10.6. The van der Waals surface area contributed by atoms with Gasteiger partial charge >= 0.3 is 0 Å². The number of carbonyl (C=O) groups is 1. The van der Waals surface area contributed by atoms with Crippen molar-refractivity contribution in [1.29, 1.82) is 5.26 Å². The summed E-state index contributed by atoms with van der Waals surface area (Å²) in [6, 6.07) is 10.1. The monoisotopic (exact) mass is 397 g/mol. The van der Waals surface area contributed by atoms with Gasteiger partial charge in [-0.05, 0) is 57.6 Å². The van der Waals surface area contributed by atoms with Gasteiger partial charge < -0.3 is 15.0 Å². The van der Waals surface area contributed by atoms with Crippen LogP contribution in [0.15, 0.2) is 24.3 Å². The van der Waals surface area contributed by atoms with Crippen molar-refractivity contribution < 1.29 is 9.53 Å². The van der Waals surface area contributed by atoms with Gasteiger partial charge in [-0.1, -0.05) is 12.1 Å². The Balaban J connectivity index is 1.95. The standard InChI is InChI=1S/C22H31N5O2/c1-16-20(17(2)27(25-16)13-7-12-23)10-11-22(28)24-15-21(26(3)4)18-8-6-9-19(14-18)29-5/h6,8-9,14,21H,7,10-11,13,15H2,1-5H3,(H,24,28)/t21-/m0/s1. The summed E-state index contributed by atoms with van der Waals surface area (Å²) in [5.74, 6) is 0.823. The molecule has 0 saturated carbocycles. The summed E-state index contributed by atoms with van der Waals surface area (Å²) in [7, 11) is 5.65. The Morgan fingerprint density at radius 3 is 2.79 bits per heavy atom. The summed E-state index contributed by atoms with van der Waals surface area (Å²) in [5, 5.41) is 16.3. The topological polar surface area (TPSA) is 83.2 Å². The third-order valence-electron chi connectivity index (χ3n) is 5.16. The number of amides is 1. The second-order valence-electron chi connectivity index (χ2n) is 7.34. The molecule has 2 aromatic rings. The Labute approximate surface area is 173 Å². The van der Waals surface area contributed by atoms with E-state index in [1.54, 1.807) is 7.11 Å². The van der Waals surface area contributed by atoms with E-state index in [2.05, 4.69) is 21.4 Å². The number of hydrogen-bond donors (Lipinski definition) is 1. The van der Waals surface area contributed by atoms with Gasteiger partial charge in [0, 0.05) is 18.7 Å². The Bertz CT molecular complexity index is 867. The molecule has 0 fully saturated rings. The van der Waals surface area contributed by atoms with Crippen LogP contribution >= 0.6 is 0 Å². The molecule has 7 heteroatoms. The average molecular weight is 398 g/mol. The summed E-state index contributed by atoms with van der Waals surface area (Å²) in [5.41, 5.74) is 4.15. The van der Waals surface area contributed by atoms with Gasteiger partial charge in [-0.2, -0.15) is 10.4 Å². The zero-order valence-electron chi connectivity index (χ0n) is 18.0. The fourth-order valence-electron chi connectivity index (χ4n) is 3.45. The van der Waals surface area contributed by atoms with E-state index in [0.717, 1.165) is 28.3 Å². The van der Waals surface area contributed by atoms with Crippen molar-refractivity contribution in [2.75, 3.05) is 27.7 Å². The lowest BCUT2D eigenvalue weighted by Crippen LogP contribution is -2.34. The zero-order valence-corrected chi connectivity index (χ0v) is 18.0. The lowest BCUT2D eigenvalue weighted by Gasteiger charge is -2.25. The number of nitriles is 1. The minimum atomic E-state index is 0.0170. The number of nitrogens with one attached hydrogen (secondary N) is 1. The molecule has 0 aliphatic rings. The smallest absolute Gasteiger partial charge is 0.220 e. The van der Waals surface area contributed by atoms with E-state index < -0.39 is 0 Å². The van der Waals surface area contributed by atoms with E-state index in [9.17, 15) is 4.79 Å². The van der Waals surface area contributed by atoms with E-state index in [4.69, 9.17) is 10.00 Å². The van der Waals surface area contributed by atoms with Gasteiger partial charge in [0.2, 0.25) is 5.91 Å². The minimum Gasteiger partial charge on any atom is -0.497 e. The Morgan fingerprint density at radius 2 is 2.14 bits per heavy atom. The molecule has 0 aliphatic heterocycles. The molecule has 1 N–H and O–H groups in total. The van der Waals surface area contributed by atoms with Gasteiger partial charge in [-0.15, -0.1) is 0 Å². The molecule has 1 aromatic carbocycles. The molecule has 7 nitrogen and oxygen atoms in total. The van der Waals surface area contributed by atoms with Crippen molar-refractivity contribution in [1.82, 2.24) is 20.0 Å². The SMILES string of the molecule is COc1cccc([C@H](CNC(=O)CCc2c(C)nn(CCC#N)c2C)N(C)C)c1. The number of hydrogen-bond acceptors (Lipinski definition) is 5. The van der Waals surface area contributed by atoms with E-state index in [1.807, 2.05) is 56.9 Å². The maximum atomic E-state index is 12.5. The molecule has 1 atom stereocenters. The predicted octanol–water partition coefficient (Wildman–Crippen LogP) is 2.77. The van der Waals surface area contributed by atoms with Gasteiger partial charge in [0.15, 0.2) is 0 Å². The van der Waals surface area contributed by atoms with Gasteiger partial charge in [0.25, 0.3) is 0 Å². The number of methoxy groups -OCH3 is 1. The normalized spacial score (nSPS) is 11.9. The second-order valence-corrected chi connectivity index (χ2v) is 7.34. The van der Waals surface area contributed by atoms with Crippen LogP contribution in [-0.4, -0.2) is 48.3 Å². The fraction of sp³-hybridized carbons (Fsp3) is 0.500. The number of rotatable bonds is 10. The van der Waals surface area contributed by atoms with Crippen molar-refractivity contribution in [3.8, 4) is 11.8 Å². The number of carbonyl (C=O) groups excluding carboxylic acids is 1. The van der Waals surface area contributed by atoms with Crippen LogP contribution in [0.1, 0.15) is 41.4 Å². The van der Waals surface area contributed by atoms with Crippen LogP contribution in [0.2, 0.25) is 0 Å². The van der Waals surface area contributed by atoms with E-state index >= 15 is 0 Å². The highest BCUT2D eigenvalue weighted by Crippen LogP contribution is 2.22. The lowest BCUT2D eigenvalue weighted by atomic mass is 10.0. The highest BCUT2D eigenvalue weighted by molar-refractivity contribution is 5.76. The van der Waals surface area contributed by atoms with Crippen molar-refractivity contribution >= 4 is 5.91 Å². The number of aromatic nitrogens is 2. The first-order valence-corrected chi connectivity index (χ1v) is 9.84. The van der Waals surface area contributed by atoms with E-state index in [1.165, 1.54) is 0 Å². The molecule has 1 heterocycles. The highest BCUT2D eigenvalue weighted by Gasteiger charge is 2.17. The average Bonchev–Trinajstić information content (AvgIpc) is 2.97. The van der Waals surface area contributed by atoms with Gasteiger partial charge in [0.05, 0.1) is 37.9 Å². The first-order valence-electron chi connectivity index (χ1n) is 9.84. The molecule has 0 bridgehead atoms. The molecule has 0 spiro atoms. The summed E-state index contributed by atoms with van der Waals surface area (Å²) in [6.07, 6.45) is 1.48. The molecule has 0 radical (unpaired) electrons. The fourth-order valence-corrected chi connectivity index (χ4v) is 3.45.